The second-order valence-electron chi connectivity index (χ2n) is 5.77. The average Bonchev–Trinajstić information content (AvgIpc) is 2.57. The summed E-state index contributed by atoms with van der Waals surface area (Å²) in [6.07, 6.45) is 6.65. The van der Waals surface area contributed by atoms with Gasteiger partial charge in [-0.2, -0.15) is 5.10 Å². The van der Waals surface area contributed by atoms with Crippen LogP contribution in [0.3, 0.4) is 0 Å². The van der Waals surface area contributed by atoms with Gasteiger partial charge in [0.2, 0.25) is 0 Å². The number of aromatic nitrogens is 2. The summed E-state index contributed by atoms with van der Waals surface area (Å²) in [6.45, 7) is 6.04. The summed E-state index contributed by atoms with van der Waals surface area (Å²) in [5.41, 5.74) is 2.32. The SMILES string of the molecule is Cc1cc(C)n(CCCNC2CCCCCC2O)n1. The fourth-order valence-corrected chi connectivity index (χ4v) is 2.94. The number of nitrogens with one attached hydrogen (secondary N) is 1. The van der Waals surface area contributed by atoms with Crippen LogP contribution < -0.4 is 5.32 Å². The maximum Gasteiger partial charge on any atom is 0.0693 e. The van der Waals surface area contributed by atoms with E-state index in [1.165, 1.54) is 25.0 Å². The first kappa shape index (κ1) is 14.5. The Hall–Kier alpha value is -0.870. The summed E-state index contributed by atoms with van der Waals surface area (Å²) in [5.74, 6) is 0. The Balaban J connectivity index is 1.70. The van der Waals surface area contributed by atoms with Crippen LogP contribution in [0.4, 0.5) is 0 Å². The van der Waals surface area contributed by atoms with Gasteiger partial charge in [0.05, 0.1) is 11.8 Å². The Labute approximate surface area is 116 Å². The highest BCUT2D eigenvalue weighted by Crippen LogP contribution is 2.17. The van der Waals surface area contributed by atoms with Crippen LogP contribution in [0.25, 0.3) is 0 Å². The molecule has 1 heterocycles. The van der Waals surface area contributed by atoms with Gasteiger partial charge in [-0.3, -0.25) is 4.68 Å². The monoisotopic (exact) mass is 265 g/mol. The van der Waals surface area contributed by atoms with Gasteiger partial charge >= 0.3 is 0 Å². The predicted molar refractivity (Wildman–Crippen MR) is 77.2 cm³/mol. The van der Waals surface area contributed by atoms with Crippen molar-refractivity contribution >= 4 is 0 Å². The van der Waals surface area contributed by atoms with E-state index in [1.807, 2.05) is 6.92 Å². The Kier molecular flexibility index (Phi) is 5.40. The Morgan fingerprint density at radius 2 is 2.11 bits per heavy atom. The van der Waals surface area contributed by atoms with Crippen molar-refractivity contribution in [3.63, 3.8) is 0 Å². The molecule has 1 aliphatic rings. The van der Waals surface area contributed by atoms with Crippen LogP contribution in [0.1, 0.15) is 49.9 Å². The lowest BCUT2D eigenvalue weighted by atomic mass is 10.1. The molecule has 2 N–H and O–H groups in total. The van der Waals surface area contributed by atoms with Crippen LogP contribution in [0.2, 0.25) is 0 Å². The summed E-state index contributed by atoms with van der Waals surface area (Å²) in [5, 5.41) is 18.0. The smallest absolute Gasteiger partial charge is 0.0693 e. The van der Waals surface area contributed by atoms with E-state index < -0.39 is 0 Å². The average molecular weight is 265 g/mol. The third-order valence-corrected chi connectivity index (χ3v) is 4.04. The first-order chi connectivity index (χ1) is 9.16. The van der Waals surface area contributed by atoms with Gasteiger partial charge in [-0.05, 0) is 45.7 Å². The molecule has 0 spiro atoms. The molecule has 1 aliphatic carbocycles. The molecule has 4 heteroatoms. The fourth-order valence-electron chi connectivity index (χ4n) is 2.94. The van der Waals surface area contributed by atoms with Gasteiger partial charge in [-0.25, -0.2) is 0 Å². The zero-order valence-corrected chi connectivity index (χ0v) is 12.2. The molecule has 2 unspecified atom stereocenters. The van der Waals surface area contributed by atoms with Crippen molar-refractivity contribution in [1.29, 1.82) is 0 Å². The van der Waals surface area contributed by atoms with Gasteiger partial charge in [-0.1, -0.05) is 19.3 Å². The van der Waals surface area contributed by atoms with Crippen molar-refractivity contribution in [3.05, 3.63) is 17.5 Å². The van der Waals surface area contributed by atoms with Gasteiger partial charge < -0.3 is 10.4 Å². The molecule has 0 radical (unpaired) electrons. The second-order valence-corrected chi connectivity index (χ2v) is 5.77. The minimum atomic E-state index is -0.156. The van der Waals surface area contributed by atoms with E-state index in [2.05, 4.69) is 28.1 Å². The standard InChI is InChI=1S/C15H27N3O/c1-12-11-13(2)18(17-12)10-6-9-16-14-7-4-3-5-8-15(14)19/h11,14-16,19H,3-10H2,1-2H3. The first-order valence-electron chi connectivity index (χ1n) is 7.59. The Bertz CT molecular complexity index is 389. The predicted octanol–water partition coefficient (Wildman–Crippen LogP) is 2.17. The normalized spacial score (nSPS) is 24.4. The minimum absolute atomic E-state index is 0.156. The van der Waals surface area contributed by atoms with E-state index in [1.54, 1.807) is 0 Å². The maximum atomic E-state index is 10.0. The molecule has 1 aromatic heterocycles. The summed E-state index contributed by atoms with van der Waals surface area (Å²) in [4.78, 5) is 0. The molecule has 1 saturated carbocycles. The minimum Gasteiger partial charge on any atom is -0.392 e. The number of hydrogen-bond acceptors (Lipinski definition) is 3. The molecule has 1 aromatic rings. The Morgan fingerprint density at radius 3 is 2.84 bits per heavy atom. The number of hydrogen-bond donors (Lipinski definition) is 2. The highest BCUT2D eigenvalue weighted by Gasteiger charge is 2.20. The van der Waals surface area contributed by atoms with Gasteiger partial charge in [0, 0.05) is 18.3 Å². The van der Waals surface area contributed by atoms with E-state index in [9.17, 15) is 5.11 Å². The van der Waals surface area contributed by atoms with Crippen LogP contribution >= 0.6 is 0 Å². The molecule has 4 nitrogen and oxygen atoms in total. The van der Waals surface area contributed by atoms with E-state index in [-0.39, 0.29) is 6.10 Å². The number of rotatable bonds is 5. The highest BCUT2D eigenvalue weighted by molar-refractivity contribution is 5.06. The molecule has 108 valence electrons. The molecule has 2 atom stereocenters. The van der Waals surface area contributed by atoms with Crippen molar-refractivity contribution in [2.24, 2.45) is 0 Å². The summed E-state index contributed by atoms with van der Waals surface area (Å²) < 4.78 is 2.07. The van der Waals surface area contributed by atoms with Crippen molar-refractivity contribution in [3.8, 4) is 0 Å². The topological polar surface area (TPSA) is 50.1 Å². The molecule has 0 bridgehead atoms. The van der Waals surface area contributed by atoms with Gasteiger partial charge in [0.15, 0.2) is 0 Å². The molecule has 0 amide bonds. The van der Waals surface area contributed by atoms with Crippen LogP contribution in [0.5, 0.6) is 0 Å². The van der Waals surface area contributed by atoms with Crippen molar-refractivity contribution in [2.45, 2.75) is 71.1 Å². The maximum absolute atomic E-state index is 10.0. The zero-order valence-electron chi connectivity index (χ0n) is 12.2. The van der Waals surface area contributed by atoms with Crippen molar-refractivity contribution < 1.29 is 5.11 Å². The van der Waals surface area contributed by atoms with Gasteiger partial charge in [-0.15, -0.1) is 0 Å². The second kappa shape index (κ2) is 7.06. The number of aliphatic hydroxyl groups excluding tert-OH is 1. The first-order valence-corrected chi connectivity index (χ1v) is 7.59. The lowest BCUT2D eigenvalue weighted by Gasteiger charge is -2.21. The molecule has 1 fully saturated rings. The van der Waals surface area contributed by atoms with Crippen molar-refractivity contribution in [2.75, 3.05) is 6.54 Å². The highest BCUT2D eigenvalue weighted by atomic mass is 16.3. The molecular formula is C15H27N3O. The van der Waals surface area contributed by atoms with Crippen molar-refractivity contribution in [1.82, 2.24) is 15.1 Å². The quantitative estimate of drug-likeness (QED) is 0.634. The fraction of sp³-hybridized carbons (Fsp3) is 0.800. The van der Waals surface area contributed by atoms with E-state index in [4.69, 9.17) is 0 Å². The van der Waals surface area contributed by atoms with Gasteiger partial charge in [0.25, 0.3) is 0 Å². The number of nitrogens with zero attached hydrogens (tertiary/aromatic N) is 2. The lowest BCUT2D eigenvalue weighted by molar-refractivity contribution is 0.120. The molecule has 0 aliphatic heterocycles. The molecule has 0 aromatic carbocycles. The summed E-state index contributed by atoms with van der Waals surface area (Å²) in [6, 6.07) is 2.41. The van der Waals surface area contributed by atoms with E-state index in [0.29, 0.717) is 6.04 Å². The van der Waals surface area contributed by atoms with E-state index in [0.717, 1.165) is 38.0 Å². The summed E-state index contributed by atoms with van der Waals surface area (Å²) >= 11 is 0. The number of aliphatic hydroxyl groups is 1. The van der Waals surface area contributed by atoms with Gasteiger partial charge in [0.1, 0.15) is 0 Å². The van der Waals surface area contributed by atoms with E-state index >= 15 is 0 Å². The zero-order chi connectivity index (χ0) is 13.7. The van der Waals surface area contributed by atoms with Crippen LogP contribution in [0.15, 0.2) is 6.07 Å². The van der Waals surface area contributed by atoms with Crippen LogP contribution in [0, 0.1) is 13.8 Å². The third-order valence-electron chi connectivity index (χ3n) is 4.04. The Morgan fingerprint density at radius 1 is 1.32 bits per heavy atom. The van der Waals surface area contributed by atoms with Crippen LogP contribution in [-0.2, 0) is 6.54 Å². The number of aryl methyl sites for hydroxylation is 3. The molecule has 0 saturated heterocycles. The molecular weight excluding hydrogens is 238 g/mol. The molecule has 2 rings (SSSR count). The van der Waals surface area contributed by atoms with Crippen LogP contribution in [-0.4, -0.2) is 33.6 Å². The molecule has 19 heavy (non-hydrogen) atoms. The summed E-state index contributed by atoms with van der Waals surface area (Å²) in [7, 11) is 0. The largest absolute Gasteiger partial charge is 0.392 e. The lowest BCUT2D eigenvalue weighted by Crippen LogP contribution is -2.39. The third kappa shape index (κ3) is 4.32.